The van der Waals surface area contributed by atoms with E-state index >= 15 is 0 Å². The van der Waals surface area contributed by atoms with Crippen LogP contribution in [0.3, 0.4) is 0 Å². The van der Waals surface area contributed by atoms with Crippen molar-refractivity contribution in [1.82, 2.24) is 0 Å². The van der Waals surface area contributed by atoms with E-state index in [0.717, 1.165) is 5.56 Å². The van der Waals surface area contributed by atoms with Gasteiger partial charge in [-0.3, -0.25) is 0 Å². The van der Waals surface area contributed by atoms with E-state index in [1.54, 1.807) is 23.9 Å². The van der Waals surface area contributed by atoms with Crippen LogP contribution in [0.4, 0.5) is 0 Å². The molecule has 0 radical (unpaired) electrons. The number of benzene rings is 1. The fraction of sp³-hybridized carbons (Fsp3) is 0.400. The molecule has 4 heteroatoms. The molecule has 1 aromatic carbocycles. The summed E-state index contributed by atoms with van der Waals surface area (Å²) in [5, 5.41) is 0. The molecule has 2 nitrogen and oxygen atoms in total. The van der Waals surface area contributed by atoms with Crippen LogP contribution in [0.2, 0.25) is 0 Å². The van der Waals surface area contributed by atoms with Crippen LogP contribution < -0.4 is 0 Å². The first-order valence-corrected chi connectivity index (χ1v) is 7.39. The Labute approximate surface area is 89.6 Å². The lowest BCUT2D eigenvalue weighted by atomic mass is 10.2. The summed E-state index contributed by atoms with van der Waals surface area (Å²) in [5.41, 5.74) is 1.08. The molecule has 0 aliphatic carbocycles. The molecule has 0 atom stereocenters. The highest BCUT2D eigenvalue weighted by Crippen LogP contribution is 2.13. The van der Waals surface area contributed by atoms with E-state index in [9.17, 15) is 8.42 Å². The Morgan fingerprint density at radius 2 is 1.79 bits per heavy atom. The van der Waals surface area contributed by atoms with Gasteiger partial charge in [-0.25, -0.2) is 8.42 Å². The lowest BCUT2D eigenvalue weighted by molar-refractivity contribution is 0.597. The van der Waals surface area contributed by atoms with Crippen molar-refractivity contribution in [3.63, 3.8) is 0 Å². The van der Waals surface area contributed by atoms with Crippen LogP contribution in [-0.4, -0.2) is 26.2 Å². The van der Waals surface area contributed by atoms with Crippen molar-refractivity contribution in [1.29, 1.82) is 0 Å². The zero-order valence-electron chi connectivity index (χ0n) is 8.36. The van der Waals surface area contributed by atoms with Gasteiger partial charge in [0.05, 0.1) is 10.6 Å². The monoisotopic (exact) mass is 230 g/mol. The number of hydrogen-bond acceptors (Lipinski definition) is 3. The first-order valence-electron chi connectivity index (χ1n) is 4.34. The molecule has 0 aliphatic heterocycles. The maximum Gasteiger partial charge on any atom is 0.179 e. The topological polar surface area (TPSA) is 34.1 Å². The number of hydrogen-bond donors (Lipinski definition) is 0. The summed E-state index contributed by atoms with van der Waals surface area (Å²) in [4.78, 5) is 0.428. The van der Waals surface area contributed by atoms with Crippen molar-refractivity contribution < 1.29 is 8.42 Å². The molecule has 0 unspecified atom stereocenters. The second-order valence-electron chi connectivity index (χ2n) is 3.12. The molecule has 0 fully saturated rings. The molecule has 0 bridgehead atoms. The van der Waals surface area contributed by atoms with Crippen LogP contribution >= 0.6 is 11.8 Å². The van der Waals surface area contributed by atoms with Crippen LogP contribution in [-0.2, 0) is 9.84 Å². The minimum absolute atomic E-state index is 0.219. The maximum absolute atomic E-state index is 11.7. The molecular weight excluding hydrogens is 216 g/mol. The van der Waals surface area contributed by atoms with Crippen molar-refractivity contribution in [2.24, 2.45) is 0 Å². The second-order valence-corrected chi connectivity index (χ2v) is 6.22. The van der Waals surface area contributed by atoms with Crippen molar-refractivity contribution in [2.45, 2.75) is 11.8 Å². The van der Waals surface area contributed by atoms with Crippen LogP contribution in [0.1, 0.15) is 5.56 Å². The molecule has 14 heavy (non-hydrogen) atoms. The quantitative estimate of drug-likeness (QED) is 0.794. The van der Waals surface area contributed by atoms with E-state index in [-0.39, 0.29) is 5.75 Å². The van der Waals surface area contributed by atoms with Crippen molar-refractivity contribution in [3.8, 4) is 0 Å². The predicted octanol–water partition coefficient (Wildman–Crippen LogP) is 2.13. The van der Waals surface area contributed by atoms with Gasteiger partial charge in [0.25, 0.3) is 0 Å². The summed E-state index contributed by atoms with van der Waals surface area (Å²) in [7, 11) is -3.06. The van der Waals surface area contributed by atoms with E-state index in [0.29, 0.717) is 10.6 Å². The minimum Gasteiger partial charge on any atom is -0.224 e. The fourth-order valence-electron chi connectivity index (χ4n) is 1.06. The van der Waals surface area contributed by atoms with Gasteiger partial charge in [-0.15, -0.1) is 0 Å². The zero-order valence-corrected chi connectivity index (χ0v) is 9.99. The summed E-state index contributed by atoms with van der Waals surface area (Å²) < 4.78 is 23.4. The Morgan fingerprint density at radius 1 is 1.21 bits per heavy atom. The highest BCUT2D eigenvalue weighted by molar-refractivity contribution is 8.00. The van der Waals surface area contributed by atoms with Gasteiger partial charge in [-0.05, 0) is 25.3 Å². The summed E-state index contributed by atoms with van der Waals surface area (Å²) in [6, 6.07) is 6.99. The molecule has 0 heterocycles. The minimum atomic E-state index is -3.06. The molecule has 0 N–H and O–H groups in total. The number of sulfone groups is 1. The molecule has 1 rings (SSSR count). The smallest absolute Gasteiger partial charge is 0.179 e. The van der Waals surface area contributed by atoms with Gasteiger partial charge >= 0.3 is 0 Å². The number of rotatable bonds is 4. The summed E-state index contributed by atoms with van der Waals surface area (Å²) in [6.45, 7) is 1.94. The van der Waals surface area contributed by atoms with E-state index in [1.807, 2.05) is 25.3 Å². The Kier molecular flexibility index (Phi) is 4.01. The predicted molar refractivity (Wildman–Crippen MR) is 61.6 cm³/mol. The maximum atomic E-state index is 11.7. The third-order valence-electron chi connectivity index (χ3n) is 1.94. The van der Waals surface area contributed by atoms with Gasteiger partial charge in [-0.2, -0.15) is 11.8 Å². The third-order valence-corrected chi connectivity index (χ3v) is 4.54. The van der Waals surface area contributed by atoms with Crippen LogP contribution in [0.15, 0.2) is 29.2 Å². The average molecular weight is 230 g/mol. The van der Waals surface area contributed by atoms with Gasteiger partial charge in [0, 0.05) is 5.75 Å². The normalized spacial score (nSPS) is 11.6. The molecule has 0 saturated carbocycles. The highest BCUT2D eigenvalue weighted by Gasteiger charge is 2.12. The largest absolute Gasteiger partial charge is 0.224 e. The Bertz CT molecular complexity index is 379. The van der Waals surface area contributed by atoms with Gasteiger partial charge in [0.1, 0.15) is 0 Å². The Morgan fingerprint density at radius 3 is 2.29 bits per heavy atom. The van der Waals surface area contributed by atoms with E-state index in [1.165, 1.54) is 0 Å². The van der Waals surface area contributed by atoms with Crippen molar-refractivity contribution in [2.75, 3.05) is 17.8 Å². The van der Waals surface area contributed by atoms with Crippen LogP contribution in [0.5, 0.6) is 0 Å². The Balaban J connectivity index is 2.87. The number of aryl methyl sites for hydroxylation is 1. The standard InChI is InChI=1S/C10H14O2S2/c1-9-3-5-10(6-4-9)14(11,12)8-7-13-2/h3-6H,7-8H2,1-2H3. The summed E-state index contributed by atoms with van der Waals surface area (Å²) >= 11 is 1.55. The summed E-state index contributed by atoms with van der Waals surface area (Å²) in [6.07, 6.45) is 1.91. The molecule has 0 amide bonds. The zero-order chi connectivity index (χ0) is 10.6. The lowest BCUT2D eigenvalue weighted by Gasteiger charge is -2.03. The molecule has 0 aromatic heterocycles. The van der Waals surface area contributed by atoms with Crippen molar-refractivity contribution in [3.05, 3.63) is 29.8 Å². The Hall–Kier alpha value is -0.480. The van der Waals surface area contributed by atoms with E-state index in [4.69, 9.17) is 0 Å². The first kappa shape index (κ1) is 11.6. The second kappa shape index (κ2) is 4.84. The number of thioether (sulfide) groups is 1. The van der Waals surface area contributed by atoms with Crippen molar-refractivity contribution >= 4 is 21.6 Å². The van der Waals surface area contributed by atoms with Gasteiger partial charge in [0.2, 0.25) is 0 Å². The van der Waals surface area contributed by atoms with Crippen LogP contribution in [0, 0.1) is 6.92 Å². The molecule has 0 spiro atoms. The molecule has 78 valence electrons. The molecular formula is C10H14O2S2. The van der Waals surface area contributed by atoms with E-state index in [2.05, 4.69) is 0 Å². The fourth-order valence-corrected chi connectivity index (χ4v) is 3.39. The average Bonchev–Trinajstić information content (AvgIpc) is 2.16. The van der Waals surface area contributed by atoms with Gasteiger partial charge in [0.15, 0.2) is 9.84 Å². The summed E-state index contributed by atoms with van der Waals surface area (Å²) in [5.74, 6) is 0.868. The molecule has 0 aliphatic rings. The molecule has 1 aromatic rings. The third kappa shape index (κ3) is 3.03. The highest BCUT2D eigenvalue weighted by atomic mass is 32.2. The lowest BCUT2D eigenvalue weighted by Crippen LogP contribution is -2.08. The van der Waals surface area contributed by atoms with Gasteiger partial charge < -0.3 is 0 Å². The van der Waals surface area contributed by atoms with Gasteiger partial charge in [-0.1, -0.05) is 17.7 Å². The van der Waals surface area contributed by atoms with E-state index < -0.39 is 9.84 Å². The SMILES string of the molecule is CSCCS(=O)(=O)c1ccc(C)cc1. The molecule has 0 saturated heterocycles. The first-order chi connectivity index (χ1) is 6.56. The van der Waals surface area contributed by atoms with Crippen LogP contribution in [0.25, 0.3) is 0 Å².